The van der Waals surface area contributed by atoms with Crippen LogP contribution in [0.4, 0.5) is 0 Å². The molecule has 4 heteroatoms. The average molecular weight is 230 g/mol. The van der Waals surface area contributed by atoms with Gasteiger partial charge in [-0.1, -0.05) is 30.4 Å². The lowest BCUT2D eigenvalue weighted by Crippen LogP contribution is -2.35. The van der Waals surface area contributed by atoms with Crippen LogP contribution in [-0.2, 0) is 4.79 Å². The molecule has 1 rings (SSSR count). The third-order valence-corrected chi connectivity index (χ3v) is 1.96. The van der Waals surface area contributed by atoms with E-state index in [1.807, 2.05) is 0 Å². The highest BCUT2D eigenvalue weighted by Crippen LogP contribution is 2.00. The lowest BCUT2D eigenvalue weighted by Gasteiger charge is -2.09. The van der Waals surface area contributed by atoms with Gasteiger partial charge in [-0.15, -0.1) is 0 Å². The molecule has 88 valence electrons. The summed E-state index contributed by atoms with van der Waals surface area (Å²) in [5.74, 6) is -1.90. The van der Waals surface area contributed by atoms with Gasteiger partial charge in [0.15, 0.2) is 0 Å². The molecule has 0 unspecified atom stereocenters. The van der Waals surface area contributed by atoms with E-state index in [1.165, 1.54) is 12.2 Å². The number of carboxylic acid groups (broad SMARTS) is 1. The second-order valence-electron chi connectivity index (χ2n) is 3.21. The van der Waals surface area contributed by atoms with E-state index in [9.17, 15) is 14.7 Å². The first kappa shape index (κ1) is 12.7. The number of rotatable bonds is 4. The summed E-state index contributed by atoms with van der Waals surface area (Å²) in [6.07, 6.45) is 4.43. The molecule has 1 amide bonds. The van der Waals surface area contributed by atoms with Gasteiger partial charge in [-0.05, 0) is 25.1 Å². The monoisotopic (exact) mass is 230 g/mol. The van der Waals surface area contributed by atoms with Crippen LogP contribution in [0.3, 0.4) is 0 Å². The highest BCUT2D eigenvalue weighted by molar-refractivity contribution is 6.00. The van der Waals surface area contributed by atoms with Crippen LogP contribution in [0.25, 0.3) is 0 Å². The van der Waals surface area contributed by atoms with Crippen molar-refractivity contribution in [1.82, 2.24) is 5.32 Å². The highest BCUT2D eigenvalue weighted by Gasteiger charge is 2.06. The van der Waals surface area contributed by atoms with E-state index in [0.29, 0.717) is 5.56 Å². The molecule has 1 aromatic carbocycles. The molecule has 1 N–H and O–H groups in total. The van der Waals surface area contributed by atoms with Crippen molar-refractivity contribution in [3.8, 4) is 0 Å². The molecule has 0 aromatic heterocycles. The number of amides is 1. The lowest BCUT2D eigenvalue weighted by molar-refractivity contribution is -0.299. The number of allylic oxidation sites excluding steroid dienone is 3. The maximum absolute atomic E-state index is 11.7. The molecule has 0 saturated carbocycles. The van der Waals surface area contributed by atoms with Gasteiger partial charge in [-0.2, -0.15) is 0 Å². The van der Waals surface area contributed by atoms with Gasteiger partial charge in [0.25, 0.3) is 5.91 Å². The molecule has 0 atom stereocenters. The molecule has 0 aliphatic rings. The van der Waals surface area contributed by atoms with E-state index in [2.05, 4.69) is 5.32 Å². The summed E-state index contributed by atoms with van der Waals surface area (Å²) >= 11 is 0. The number of carbonyl (C=O) groups excluding carboxylic acids is 2. The third kappa shape index (κ3) is 3.95. The normalized spacial score (nSPS) is 11.5. The second-order valence-corrected chi connectivity index (χ2v) is 3.21. The summed E-state index contributed by atoms with van der Waals surface area (Å²) in [5.41, 5.74) is 0.122. The largest absolute Gasteiger partial charge is 0.543 e. The standard InChI is InChI=1S/C13H13NO3/c1-2-3-9-11(13(16)17)14-12(15)10-7-5-4-6-8-10/h2-9H,1H3,(H,14,15)(H,16,17)/p-1/b3-2+,11-9-. The van der Waals surface area contributed by atoms with Crippen LogP contribution in [0.5, 0.6) is 0 Å². The molecule has 0 fully saturated rings. The van der Waals surface area contributed by atoms with Crippen molar-refractivity contribution < 1.29 is 14.7 Å². The Balaban J connectivity index is 2.82. The Morgan fingerprint density at radius 1 is 1.24 bits per heavy atom. The Morgan fingerprint density at radius 2 is 1.88 bits per heavy atom. The lowest BCUT2D eigenvalue weighted by atomic mass is 10.2. The Morgan fingerprint density at radius 3 is 2.41 bits per heavy atom. The summed E-state index contributed by atoms with van der Waals surface area (Å²) in [7, 11) is 0. The summed E-state index contributed by atoms with van der Waals surface area (Å²) in [6.45, 7) is 1.74. The minimum absolute atomic E-state index is 0.267. The van der Waals surface area contributed by atoms with Crippen molar-refractivity contribution in [2.24, 2.45) is 0 Å². The quantitative estimate of drug-likeness (QED) is 0.609. The van der Waals surface area contributed by atoms with E-state index in [-0.39, 0.29) is 5.70 Å². The van der Waals surface area contributed by atoms with Crippen LogP contribution < -0.4 is 10.4 Å². The van der Waals surface area contributed by atoms with E-state index in [4.69, 9.17) is 0 Å². The van der Waals surface area contributed by atoms with Crippen molar-refractivity contribution in [3.05, 3.63) is 59.8 Å². The molecule has 17 heavy (non-hydrogen) atoms. The minimum atomic E-state index is -1.42. The first-order valence-electron chi connectivity index (χ1n) is 5.06. The van der Waals surface area contributed by atoms with E-state index in [1.54, 1.807) is 43.3 Å². The van der Waals surface area contributed by atoms with Gasteiger partial charge in [-0.3, -0.25) is 4.79 Å². The summed E-state index contributed by atoms with van der Waals surface area (Å²) < 4.78 is 0. The van der Waals surface area contributed by atoms with Crippen LogP contribution >= 0.6 is 0 Å². The highest BCUT2D eigenvalue weighted by atomic mass is 16.4. The number of benzene rings is 1. The number of carboxylic acids is 1. The van der Waals surface area contributed by atoms with Gasteiger partial charge in [0.2, 0.25) is 0 Å². The topological polar surface area (TPSA) is 69.2 Å². The Bertz CT molecular complexity index is 461. The van der Waals surface area contributed by atoms with Crippen molar-refractivity contribution in [3.63, 3.8) is 0 Å². The number of hydrogen-bond acceptors (Lipinski definition) is 3. The number of nitrogens with one attached hydrogen (secondary N) is 1. The Kier molecular flexibility index (Phi) is 4.69. The van der Waals surface area contributed by atoms with Crippen molar-refractivity contribution in [2.45, 2.75) is 6.92 Å². The first-order chi connectivity index (χ1) is 8.15. The second kappa shape index (κ2) is 6.27. The number of aliphatic carboxylic acids is 1. The molecule has 4 nitrogen and oxygen atoms in total. The summed E-state index contributed by atoms with van der Waals surface area (Å²) in [5, 5.41) is 13.0. The van der Waals surface area contributed by atoms with Crippen LogP contribution in [-0.4, -0.2) is 11.9 Å². The molecule has 0 aliphatic carbocycles. The molecule has 0 radical (unpaired) electrons. The molecular weight excluding hydrogens is 218 g/mol. The maximum atomic E-state index is 11.7. The van der Waals surface area contributed by atoms with E-state index >= 15 is 0 Å². The number of carbonyl (C=O) groups is 2. The fourth-order valence-corrected chi connectivity index (χ4v) is 1.14. The van der Waals surface area contributed by atoms with Crippen LogP contribution in [0, 0.1) is 0 Å². The fraction of sp³-hybridized carbons (Fsp3) is 0.0769. The van der Waals surface area contributed by atoms with Crippen molar-refractivity contribution >= 4 is 11.9 Å². The van der Waals surface area contributed by atoms with Crippen LogP contribution in [0.15, 0.2) is 54.3 Å². The predicted octanol–water partition coefficient (Wildman–Crippen LogP) is 0.626. The predicted molar refractivity (Wildman–Crippen MR) is 61.8 cm³/mol. The molecule has 0 aliphatic heterocycles. The smallest absolute Gasteiger partial charge is 0.255 e. The van der Waals surface area contributed by atoms with Crippen molar-refractivity contribution in [1.29, 1.82) is 0 Å². The van der Waals surface area contributed by atoms with Gasteiger partial charge in [0.05, 0.1) is 11.7 Å². The molecule has 1 aromatic rings. The van der Waals surface area contributed by atoms with Crippen molar-refractivity contribution in [2.75, 3.05) is 0 Å². The van der Waals surface area contributed by atoms with Crippen LogP contribution in [0.2, 0.25) is 0 Å². The zero-order valence-corrected chi connectivity index (χ0v) is 9.34. The molecule has 0 saturated heterocycles. The zero-order valence-electron chi connectivity index (χ0n) is 9.34. The average Bonchev–Trinajstić information content (AvgIpc) is 2.35. The first-order valence-corrected chi connectivity index (χ1v) is 5.06. The van der Waals surface area contributed by atoms with Gasteiger partial charge >= 0.3 is 0 Å². The van der Waals surface area contributed by atoms with Gasteiger partial charge in [0.1, 0.15) is 0 Å². The minimum Gasteiger partial charge on any atom is -0.543 e. The zero-order chi connectivity index (χ0) is 12.7. The molecule has 0 bridgehead atoms. The van der Waals surface area contributed by atoms with Gasteiger partial charge in [-0.25, -0.2) is 0 Å². The summed E-state index contributed by atoms with van der Waals surface area (Å²) in [4.78, 5) is 22.4. The van der Waals surface area contributed by atoms with E-state index < -0.39 is 11.9 Å². The SMILES string of the molecule is C/C=C/C=C(\NC(=O)c1ccccc1)C(=O)[O-]. The van der Waals surface area contributed by atoms with Crippen LogP contribution in [0.1, 0.15) is 17.3 Å². The summed E-state index contributed by atoms with van der Waals surface area (Å²) in [6, 6.07) is 8.36. The van der Waals surface area contributed by atoms with Gasteiger partial charge < -0.3 is 15.2 Å². The van der Waals surface area contributed by atoms with E-state index in [0.717, 1.165) is 0 Å². The molecular formula is C13H12NO3-. The molecule has 0 spiro atoms. The Hall–Kier alpha value is -2.36. The maximum Gasteiger partial charge on any atom is 0.255 e. The fourth-order valence-electron chi connectivity index (χ4n) is 1.14. The third-order valence-electron chi connectivity index (χ3n) is 1.96. The molecule has 0 heterocycles. The van der Waals surface area contributed by atoms with Gasteiger partial charge in [0, 0.05) is 5.56 Å². The Labute approximate surface area is 99.3 Å². The number of hydrogen-bond donors (Lipinski definition) is 1.